The number of hydrogen-bond acceptors (Lipinski definition) is 2. The molecular formula is C28H31N3O. The minimum atomic E-state index is -0.0678. The highest BCUT2D eigenvalue weighted by molar-refractivity contribution is 6.11. The lowest BCUT2D eigenvalue weighted by atomic mass is 9.99. The monoisotopic (exact) mass is 425 g/mol. The van der Waals surface area contributed by atoms with Gasteiger partial charge in [-0.1, -0.05) is 37.3 Å². The van der Waals surface area contributed by atoms with Crippen LogP contribution < -0.4 is 5.32 Å². The Morgan fingerprint density at radius 3 is 2.56 bits per heavy atom. The van der Waals surface area contributed by atoms with Crippen LogP contribution in [0.5, 0.6) is 0 Å². The molecule has 164 valence electrons. The van der Waals surface area contributed by atoms with E-state index in [2.05, 4.69) is 77.2 Å². The molecule has 1 amide bonds. The highest BCUT2D eigenvalue weighted by Crippen LogP contribution is 2.31. The van der Waals surface area contributed by atoms with Crippen molar-refractivity contribution in [2.45, 2.75) is 39.8 Å². The van der Waals surface area contributed by atoms with Crippen LogP contribution in [-0.4, -0.2) is 28.5 Å². The first-order chi connectivity index (χ1) is 15.6. The van der Waals surface area contributed by atoms with Crippen molar-refractivity contribution in [1.29, 1.82) is 0 Å². The predicted octanol–water partition coefficient (Wildman–Crippen LogP) is 6.30. The molecule has 0 saturated carbocycles. The molecule has 0 unspecified atom stereocenters. The zero-order chi connectivity index (χ0) is 22.1. The van der Waals surface area contributed by atoms with Gasteiger partial charge in [0, 0.05) is 52.7 Å². The molecule has 4 nitrogen and oxygen atoms in total. The normalized spacial score (nSPS) is 17.1. The third-order valence-electron chi connectivity index (χ3n) is 6.71. The zero-order valence-electron chi connectivity index (χ0n) is 19.0. The number of likely N-dealkylation sites (tertiary alicyclic amines) is 1. The number of carbonyl (C=O) groups excluding carboxylic acids is 1. The number of aryl methyl sites for hydroxylation is 1. The minimum absolute atomic E-state index is 0.0678. The molecule has 0 spiro atoms. The number of fused-ring (bicyclic) bond motifs is 3. The highest BCUT2D eigenvalue weighted by atomic mass is 16.1. The molecule has 1 fully saturated rings. The Bertz CT molecular complexity index is 1260. The molecule has 0 bridgehead atoms. The quantitative estimate of drug-likeness (QED) is 0.407. The summed E-state index contributed by atoms with van der Waals surface area (Å²) >= 11 is 0. The van der Waals surface area contributed by atoms with E-state index >= 15 is 0 Å². The number of benzene rings is 3. The van der Waals surface area contributed by atoms with Gasteiger partial charge in [0.05, 0.1) is 0 Å². The van der Waals surface area contributed by atoms with E-state index in [1.807, 2.05) is 18.2 Å². The standard InChI is InChI=1S/C28H31N3O/c1-3-31-26-9-5-4-8-24(26)25-17-23(14-15-27(25)31)29-28(32)22-12-10-21(11-13-22)19-30-16-6-7-20(2)18-30/h4-5,8-15,17,20H,3,6-7,16,18-19H2,1-2H3,(H,29,32)/t20-/m1/s1. The van der Waals surface area contributed by atoms with Crippen molar-refractivity contribution in [3.63, 3.8) is 0 Å². The largest absolute Gasteiger partial charge is 0.341 e. The number of rotatable bonds is 5. The Labute approximate surface area is 189 Å². The molecule has 1 atom stereocenters. The summed E-state index contributed by atoms with van der Waals surface area (Å²) in [5.41, 5.74) is 5.21. The number of anilines is 1. The van der Waals surface area contributed by atoms with Crippen LogP contribution in [0.4, 0.5) is 5.69 Å². The fourth-order valence-corrected chi connectivity index (χ4v) is 5.13. The Kier molecular flexibility index (Phi) is 5.71. The summed E-state index contributed by atoms with van der Waals surface area (Å²) in [7, 11) is 0. The average molecular weight is 426 g/mol. The molecular weight excluding hydrogens is 394 g/mol. The maximum absolute atomic E-state index is 12.9. The molecule has 4 heteroatoms. The number of piperidine rings is 1. The van der Waals surface area contributed by atoms with Gasteiger partial charge < -0.3 is 9.88 Å². The molecule has 1 aliphatic rings. The summed E-state index contributed by atoms with van der Waals surface area (Å²) in [5.74, 6) is 0.708. The molecule has 1 aromatic heterocycles. The van der Waals surface area contributed by atoms with Crippen molar-refractivity contribution in [1.82, 2.24) is 9.47 Å². The molecule has 1 N–H and O–H groups in total. The van der Waals surface area contributed by atoms with Crippen LogP contribution in [0.1, 0.15) is 42.6 Å². The summed E-state index contributed by atoms with van der Waals surface area (Å²) in [6, 6.07) is 22.7. The molecule has 0 aliphatic carbocycles. The molecule has 1 saturated heterocycles. The second-order valence-electron chi connectivity index (χ2n) is 9.13. The Hall–Kier alpha value is -3.11. The summed E-state index contributed by atoms with van der Waals surface area (Å²) < 4.78 is 2.32. The Morgan fingerprint density at radius 2 is 1.78 bits per heavy atom. The van der Waals surface area contributed by atoms with Crippen LogP contribution >= 0.6 is 0 Å². The Morgan fingerprint density at radius 1 is 1.00 bits per heavy atom. The van der Waals surface area contributed by atoms with E-state index in [0.717, 1.165) is 24.7 Å². The fourth-order valence-electron chi connectivity index (χ4n) is 5.13. The van der Waals surface area contributed by atoms with Crippen molar-refractivity contribution in [3.05, 3.63) is 77.9 Å². The summed E-state index contributed by atoms with van der Waals surface area (Å²) in [4.78, 5) is 15.4. The SMILES string of the molecule is CCn1c2ccccc2c2cc(NC(=O)c3ccc(CN4CCC[C@@H](C)C4)cc3)ccc21. The third kappa shape index (κ3) is 4.03. The van der Waals surface area contributed by atoms with Gasteiger partial charge in [-0.05, 0) is 74.2 Å². The van der Waals surface area contributed by atoms with E-state index in [-0.39, 0.29) is 5.91 Å². The Balaban J connectivity index is 1.33. The average Bonchev–Trinajstić information content (AvgIpc) is 3.12. The second-order valence-corrected chi connectivity index (χ2v) is 9.13. The number of nitrogens with zero attached hydrogens (tertiary/aromatic N) is 2. The highest BCUT2D eigenvalue weighted by Gasteiger charge is 2.16. The van der Waals surface area contributed by atoms with Crippen LogP contribution in [0, 0.1) is 5.92 Å². The summed E-state index contributed by atoms with van der Waals surface area (Å²) in [5, 5.41) is 5.48. The van der Waals surface area contributed by atoms with Gasteiger partial charge in [0.1, 0.15) is 0 Å². The van der Waals surface area contributed by atoms with Crippen molar-refractivity contribution in [2.24, 2.45) is 5.92 Å². The van der Waals surface area contributed by atoms with Gasteiger partial charge in [0.15, 0.2) is 0 Å². The van der Waals surface area contributed by atoms with Gasteiger partial charge >= 0.3 is 0 Å². The lowest BCUT2D eigenvalue weighted by Gasteiger charge is -2.30. The van der Waals surface area contributed by atoms with Gasteiger partial charge in [-0.25, -0.2) is 0 Å². The molecule has 4 aromatic rings. The topological polar surface area (TPSA) is 37.3 Å². The van der Waals surface area contributed by atoms with Gasteiger partial charge in [0.25, 0.3) is 5.91 Å². The number of carbonyl (C=O) groups is 1. The molecule has 1 aliphatic heterocycles. The van der Waals surface area contributed by atoms with E-state index in [9.17, 15) is 4.79 Å². The van der Waals surface area contributed by atoms with Crippen LogP contribution in [-0.2, 0) is 13.1 Å². The molecule has 3 aromatic carbocycles. The van der Waals surface area contributed by atoms with Gasteiger partial charge in [-0.15, -0.1) is 0 Å². The van der Waals surface area contributed by atoms with Crippen molar-refractivity contribution in [3.8, 4) is 0 Å². The first-order valence-corrected chi connectivity index (χ1v) is 11.8. The smallest absolute Gasteiger partial charge is 0.255 e. The van der Waals surface area contributed by atoms with Crippen LogP contribution in [0.15, 0.2) is 66.7 Å². The molecule has 0 radical (unpaired) electrons. The van der Waals surface area contributed by atoms with Gasteiger partial charge in [-0.2, -0.15) is 0 Å². The number of nitrogens with one attached hydrogen (secondary N) is 1. The summed E-state index contributed by atoms with van der Waals surface area (Å²) in [6.07, 6.45) is 2.61. The van der Waals surface area contributed by atoms with Crippen molar-refractivity contribution in [2.75, 3.05) is 18.4 Å². The molecule has 2 heterocycles. The maximum atomic E-state index is 12.9. The van der Waals surface area contributed by atoms with Crippen LogP contribution in [0.2, 0.25) is 0 Å². The van der Waals surface area contributed by atoms with Gasteiger partial charge in [-0.3, -0.25) is 9.69 Å². The van der Waals surface area contributed by atoms with Crippen molar-refractivity contribution >= 4 is 33.4 Å². The lowest BCUT2D eigenvalue weighted by molar-refractivity contribution is 0.102. The minimum Gasteiger partial charge on any atom is -0.341 e. The van der Waals surface area contributed by atoms with Crippen LogP contribution in [0.3, 0.4) is 0 Å². The fraction of sp³-hybridized carbons (Fsp3) is 0.321. The maximum Gasteiger partial charge on any atom is 0.255 e. The van der Waals surface area contributed by atoms with E-state index in [1.165, 1.54) is 53.3 Å². The number of para-hydroxylation sites is 1. The van der Waals surface area contributed by atoms with E-state index in [4.69, 9.17) is 0 Å². The lowest BCUT2D eigenvalue weighted by Crippen LogP contribution is -2.33. The van der Waals surface area contributed by atoms with E-state index in [0.29, 0.717) is 5.56 Å². The molecule has 5 rings (SSSR count). The third-order valence-corrected chi connectivity index (χ3v) is 6.71. The number of amides is 1. The number of aromatic nitrogens is 1. The van der Waals surface area contributed by atoms with E-state index < -0.39 is 0 Å². The predicted molar refractivity (Wildman–Crippen MR) is 133 cm³/mol. The first kappa shape index (κ1) is 20.8. The first-order valence-electron chi connectivity index (χ1n) is 11.8. The van der Waals surface area contributed by atoms with Crippen molar-refractivity contribution < 1.29 is 4.79 Å². The molecule has 32 heavy (non-hydrogen) atoms. The van der Waals surface area contributed by atoms with E-state index in [1.54, 1.807) is 0 Å². The second kappa shape index (κ2) is 8.79. The van der Waals surface area contributed by atoms with Gasteiger partial charge in [0.2, 0.25) is 0 Å². The zero-order valence-corrected chi connectivity index (χ0v) is 19.0. The van der Waals surface area contributed by atoms with Crippen LogP contribution in [0.25, 0.3) is 21.8 Å². The number of hydrogen-bond donors (Lipinski definition) is 1. The summed E-state index contributed by atoms with van der Waals surface area (Å²) in [6.45, 7) is 8.71.